The summed E-state index contributed by atoms with van der Waals surface area (Å²) >= 11 is 0. The van der Waals surface area contributed by atoms with Crippen LogP contribution >= 0.6 is 0 Å². The molecule has 92 valence electrons. The van der Waals surface area contributed by atoms with Crippen molar-refractivity contribution in [3.63, 3.8) is 0 Å². The molecule has 0 bridgehead atoms. The van der Waals surface area contributed by atoms with Gasteiger partial charge in [0.25, 0.3) is 0 Å². The molecule has 0 spiro atoms. The Kier molecular flexibility index (Phi) is 2.41. The third-order valence-corrected chi connectivity index (χ3v) is 5.86. The summed E-state index contributed by atoms with van der Waals surface area (Å²) in [5.74, 6) is 0. The Morgan fingerprint density at radius 1 is 1.24 bits per heavy atom. The second-order valence-corrected chi connectivity index (χ2v) is 7.07. The van der Waals surface area contributed by atoms with Crippen molar-refractivity contribution < 1.29 is 8.42 Å². The Morgan fingerprint density at radius 2 is 2.00 bits per heavy atom. The second-order valence-electron chi connectivity index (χ2n) is 4.86. The van der Waals surface area contributed by atoms with E-state index in [1.54, 1.807) is 4.31 Å². The van der Waals surface area contributed by atoms with Crippen LogP contribution < -0.4 is 5.73 Å². The Labute approximate surface area is 101 Å². The van der Waals surface area contributed by atoms with Gasteiger partial charge in [0.05, 0.1) is 5.25 Å². The van der Waals surface area contributed by atoms with Gasteiger partial charge in [-0.1, -0.05) is 6.07 Å². The molecule has 2 N–H and O–H groups in total. The number of anilines is 1. The standard InChI is InChI=1S/C12H16N2O2S/c13-11-2-1-10-8-14(6-5-9(10)7-11)17(15,16)12-3-4-12/h1-2,7,12H,3-6,8,13H2. The van der Waals surface area contributed by atoms with E-state index < -0.39 is 10.0 Å². The van der Waals surface area contributed by atoms with E-state index in [1.165, 1.54) is 5.56 Å². The first-order valence-corrected chi connectivity index (χ1v) is 7.44. The first kappa shape index (κ1) is 11.0. The zero-order valence-corrected chi connectivity index (χ0v) is 10.4. The molecule has 0 amide bonds. The maximum Gasteiger partial charge on any atom is 0.217 e. The zero-order valence-electron chi connectivity index (χ0n) is 9.59. The second kappa shape index (κ2) is 3.71. The summed E-state index contributed by atoms with van der Waals surface area (Å²) < 4.78 is 25.9. The van der Waals surface area contributed by atoms with E-state index >= 15 is 0 Å². The summed E-state index contributed by atoms with van der Waals surface area (Å²) in [6.07, 6.45) is 2.42. The molecule has 3 rings (SSSR count). The third kappa shape index (κ3) is 1.93. The van der Waals surface area contributed by atoms with Crippen molar-refractivity contribution in [1.29, 1.82) is 0 Å². The van der Waals surface area contributed by atoms with Crippen LogP contribution in [0.1, 0.15) is 24.0 Å². The van der Waals surface area contributed by atoms with Gasteiger partial charge < -0.3 is 5.73 Å². The maximum atomic E-state index is 12.1. The van der Waals surface area contributed by atoms with Gasteiger partial charge in [0.2, 0.25) is 10.0 Å². The number of hydrogen-bond acceptors (Lipinski definition) is 3. The number of benzene rings is 1. The van der Waals surface area contributed by atoms with E-state index in [0.717, 1.165) is 30.5 Å². The maximum absolute atomic E-state index is 12.1. The van der Waals surface area contributed by atoms with Crippen LogP contribution in [0, 0.1) is 0 Å². The zero-order chi connectivity index (χ0) is 12.0. The van der Waals surface area contributed by atoms with Crippen LogP contribution in [0.15, 0.2) is 18.2 Å². The van der Waals surface area contributed by atoms with Crippen LogP contribution in [-0.2, 0) is 23.0 Å². The predicted molar refractivity (Wildman–Crippen MR) is 66.9 cm³/mol. The average Bonchev–Trinajstić information content (AvgIpc) is 3.12. The molecule has 0 unspecified atom stereocenters. The highest BCUT2D eigenvalue weighted by atomic mass is 32.2. The molecule has 17 heavy (non-hydrogen) atoms. The Balaban J connectivity index is 1.88. The molecule has 5 heteroatoms. The molecular formula is C12H16N2O2S. The molecule has 1 aromatic rings. The lowest BCUT2D eigenvalue weighted by molar-refractivity contribution is 0.390. The van der Waals surface area contributed by atoms with Gasteiger partial charge in [-0.15, -0.1) is 0 Å². The van der Waals surface area contributed by atoms with Crippen LogP contribution in [-0.4, -0.2) is 24.5 Å². The van der Waals surface area contributed by atoms with Gasteiger partial charge in [-0.25, -0.2) is 8.42 Å². The Bertz CT molecular complexity index is 550. The van der Waals surface area contributed by atoms with Crippen molar-refractivity contribution in [3.8, 4) is 0 Å². The molecule has 1 heterocycles. The number of nitrogens with two attached hydrogens (primary N) is 1. The number of nitrogens with zero attached hydrogens (tertiary/aromatic N) is 1. The molecule has 0 aromatic heterocycles. The molecule has 2 aliphatic rings. The SMILES string of the molecule is Nc1ccc2c(c1)CCN(S(=O)(=O)C1CC1)C2. The van der Waals surface area contributed by atoms with Gasteiger partial charge in [-0.05, 0) is 42.5 Å². The van der Waals surface area contributed by atoms with Crippen LogP contribution in [0.25, 0.3) is 0 Å². The third-order valence-electron chi connectivity index (χ3n) is 3.51. The fourth-order valence-corrected chi connectivity index (χ4v) is 4.16. The molecule has 1 fully saturated rings. The monoisotopic (exact) mass is 252 g/mol. The lowest BCUT2D eigenvalue weighted by atomic mass is 10.0. The van der Waals surface area contributed by atoms with Crippen molar-refractivity contribution in [2.75, 3.05) is 12.3 Å². The molecule has 1 saturated carbocycles. The van der Waals surface area contributed by atoms with Crippen molar-refractivity contribution in [2.24, 2.45) is 0 Å². The highest BCUT2D eigenvalue weighted by molar-refractivity contribution is 7.90. The minimum Gasteiger partial charge on any atom is -0.399 e. The summed E-state index contributed by atoms with van der Waals surface area (Å²) in [5, 5.41) is -0.113. The highest BCUT2D eigenvalue weighted by Gasteiger charge is 2.40. The molecule has 0 saturated heterocycles. The molecule has 4 nitrogen and oxygen atoms in total. The van der Waals surface area contributed by atoms with Crippen LogP contribution in [0.4, 0.5) is 5.69 Å². The summed E-state index contributed by atoms with van der Waals surface area (Å²) in [6.45, 7) is 1.10. The van der Waals surface area contributed by atoms with Crippen molar-refractivity contribution in [1.82, 2.24) is 4.31 Å². The average molecular weight is 252 g/mol. The fraction of sp³-hybridized carbons (Fsp3) is 0.500. The summed E-state index contributed by atoms with van der Waals surface area (Å²) in [4.78, 5) is 0. The van der Waals surface area contributed by atoms with Gasteiger partial charge in [-0.3, -0.25) is 0 Å². The molecule has 1 aromatic carbocycles. The fourth-order valence-electron chi connectivity index (χ4n) is 2.34. The number of sulfonamides is 1. The molecule has 0 radical (unpaired) electrons. The number of hydrogen-bond donors (Lipinski definition) is 1. The van der Waals surface area contributed by atoms with Crippen LogP contribution in [0.5, 0.6) is 0 Å². The normalized spacial score (nSPS) is 21.2. The van der Waals surface area contributed by atoms with Crippen molar-refractivity contribution >= 4 is 15.7 Å². The van der Waals surface area contributed by atoms with Gasteiger partial charge in [-0.2, -0.15) is 4.31 Å². The summed E-state index contributed by atoms with van der Waals surface area (Å²) in [6, 6.07) is 5.74. The molecule has 0 atom stereocenters. The lowest BCUT2D eigenvalue weighted by Crippen LogP contribution is -2.38. The first-order chi connectivity index (χ1) is 8.07. The minimum atomic E-state index is -3.04. The van der Waals surface area contributed by atoms with Gasteiger partial charge in [0.1, 0.15) is 0 Å². The van der Waals surface area contributed by atoms with E-state index in [-0.39, 0.29) is 5.25 Å². The highest BCUT2D eigenvalue weighted by Crippen LogP contribution is 2.33. The van der Waals surface area contributed by atoms with Gasteiger partial charge >= 0.3 is 0 Å². The van der Waals surface area contributed by atoms with E-state index in [0.29, 0.717) is 13.1 Å². The van der Waals surface area contributed by atoms with Crippen LogP contribution in [0.2, 0.25) is 0 Å². The Hall–Kier alpha value is -1.07. The van der Waals surface area contributed by atoms with Gasteiger partial charge in [0.15, 0.2) is 0 Å². The summed E-state index contributed by atoms with van der Waals surface area (Å²) in [5.41, 5.74) is 8.76. The van der Waals surface area contributed by atoms with Crippen molar-refractivity contribution in [3.05, 3.63) is 29.3 Å². The van der Waals surface area contributed by atoms with Crippen LogP contribution in [0.3, 0.4) is 0 Å². The number of fused-ring (bicyclic) bond motifs is 1. The van der Waals surface area contributed by atoms with E-state index in [4.69, 9.17) is 5.73 Å². The summed E-state index contributed by atoms with van der Waals surface area (Å²) in [7, 11) is -3.04. The topological polar surface area (TPSA) is 63.4 Å². The number of rotatable bonds is 2. The first-order valence-electron chi connectivity index (χ1n) is 5.93. The smallest absolute Gasteiger partial charge is 0.217 e. The number of nitrogen functional groups attached to an aromatic ring is 1. The molecule has 1 aliphatic heterocycles. The quantitative estimate of drug-likeness (QED) is 0.802. The largest absolute Gasteiger partial charge is 0.399 e. The van der Waals surface area contributed by atoms with Gasteiger partial charge in [0, 0.05) is 18.8 Å². The van der Waals surface area contributed by atoms with Crippen molar-refractivity contribution in [2.45, 2.75) is 31.1 Å². The lowest BCUT2D eigenvalue weighted by Gasteiger charge is -2.28. The minimum absolute atomic E-state index is 0.113. The predicted octanol–water partition coefficient (Wildman–Crippen LogP) is 1.12. The molecule has 1 aliphatic carbocycles. The van der Waals surface area contributed by atoms with E-state index in [9.17, 15) is 8.42 Å². The Morgan fingerprint density at radius 3 is 2.71 bits per heavy atom. The van der Waals surface area contributed by atoms with E-state index in [1.807, 2.05) is 18.2 Å². The van der Waals surface area contributed by atoms with E-state index in [2.05, 4.69) is 0 Å². The molecular weight excluding hydrogens is 236 g/mol.